The molecule has 6 nitrogen and oxygen atoms in total. The van der Waals surface area contributed by atoms with E-state index >= 15 is 0 Å². The lowest BCUT2D eigenvalue weighted by Crippen LogP contribution is -2.49. The Balaban J connectivity index is 2.19. The van der Waals surface area contributed by atoms with Crippen LogP contribution in [0.1, 0.15) is 6.92 Å². The Bertz CT molecular complexity index is 659. The van der Waals surface area contributed by atoms with E-state index in [1.165, 1.54) is 6.20 Å². The third-order valence-electron chi connectivity index (χ3n) is 3.61. The van der Waals surface area contributed by atoms with E-state index in [0.29, 0.717) is 11.7 Å². The van der Waals surface area contributed by atoms with Crippen LogP contribution in [0.2, 0.25) is 0 Å². The Hall–Kier alpha value is -2.21. The number of benzene rings is 1. The number of pyridine rings is 1. The van der Waals surface area contributed by atoms with Crippen LogP contribution < -0.4 is 10.2 Å². The summed E-state index contributed by atoms with van der Waals surface area (Å²) < 4.78 is 0. The third-order valence-corrected chi connectivity index (χ3v) is 3.61. The highest BCUT2D eigenvalue weighted by molar-refractivity contribution is 5.96. The number of aromatic nitrogens is 1. The molecule has 0 radical (unpaired) electrons. The molecule has 0 spiro atoms. The number of nitrogens with zero attached hydrogens (tertiary/aromatic N) is 3. The normalized spacial score (nSPS) is 19.2. The Kier molecular flexibility index (Phi) is 3.23. The summed E-state index contributed by atoms with van der Waals surface area (Å²) >= 11 is 0. The van der Waals surface area contributed by atoms with Crippen LogP contribution in [-0.4, -0.2) is 35.6 Å². The highest BCUT2D eigenvalue weighted by Crippen LogP contribution is 2.35. The molecule has 2 heterocycles. The minimum atomic E-state index is -0.346. The summed E-state index contributed by atoms with van der Waals surface area (Å²) in [4.78, 5) is 17.2. The molecule has 1 aromatic carbocycles. The molecule has 6 heteroatoms. The zero-order valence-corrected chi connectivity index (χ0v) is 11.2. The average Bonchev–Trinajstić information content (AvgIpc) is 2.46. The zero-order valence-electron chi connectivity index (χ0n) is 11.2. The molecule has 1 N–H and O–H groups in total. The molecule has 0 bridgehead atoms. The molecule has 104 valence electrons. The summed E-state index contributed by atoms with van der Waals surface area (Å²) in [6.45, 7) is 4.43. The van der Waals surface area contributed by atoms with Gasteiger partial charge in [-0.15, -0.1) is 0 Å². The second-order valence-electron chi connectivity index (χ2n) is 5.07. The molecule has 1 atom stereocenters. The molecule has 1 aromatic heterocycles. The van der Waals surface area contributed by atoms with Crippen molar-refractivity contribution in [3.8, 4) is 0 Å². The van der Waals surface area contributed by atoms with Gasteiger partial charge in [0.1, 0.15) is 11.9 Å². The van der Waals surface area contributed by atoms with Crippen LogP contribution in [-0.2, 0) is 0 Å². The van der Waals surface area contributed by atoms with Crippen LogP contribution in [0.3, 0.4) is 0 Å². The standard InChI is InChI=1S/C14H16N4O2/c1-10-9-17(7-6-15-10)14-11-4-2-3-5-12(11)16-8-13(14)18(19)20/h2-5,8,10,15H,6-7,9H2,1H3. The van der Waals surface area contributed by atoms with E-state index in [0.717, 1.165) is 30.5 Å². The number of nitro groups is 1. The highest BCUT2D eigenvalue weighted by Gasteiger charge is 2.26. The fourth-order valence-corrected chi connectivity index (χ4v) is 2.72. The molecule has 0 amide bonds. The third kappa shape index (κ3) is 2.18. The predicted molar refractivity (Wildman–Crippen MR) is 78.1 cm³/mol. The maximum Gasteiger partial charge on any atom is 0.311 e. The van der Waals surface area contributed by atoms with Crippen molar-refractivity contribution < 1.29 is 4.92 Å². The minimum absolute atomic E-state index is 0.0813. The maximum absolute atomic E-state index is 11.3. The van der Waals surface area contributed by atoms with Crippen LogP contribution in [0.4, 0.5) is 11.4 Å². The van der Waals surface area contributed by atoms with E-state index in [1.807, 2.05) is 24.3 Å². The van der Waals surface area contributed by atoms with Gasteiger partial charge in [-0.05, 0) is 13.0 Å². The topological polar surface area (TPSA) is 71.3 Å². The first-order valence-corrected chi connectivity index (χ1v) is 6.67. The number of piperazine rings is 1. The molecule has 0 saturated carbocycles. The molecular weight excluding hydrogens is 256 g/mol. The summed E-state index contributed by atoms with van der Waals surface area (Å²) in [5, 5.41) is 15.5. The van der Waals surface area contributed by atoms with Gasteiger partial charge >= 0.3 is 5.69 Å². The van der Waals surface area contributed by atoms with E-state index < -0.39 is 0 Å². The van der Waals surface area contributed by atoms with Gasteiger partial charge < -0.3 is 10.2 Å². The van der Waals surface area contributed by atoms with Gasteiger partial charge in [-0.25, -0.2) is 4.98 Å². The van der Waals surface area contributed by atoms with Crippen LogP contribution in [0.15, 0.2) is 30.5 Å². The summed E-state index contributed by atoms with van der Waals surface area (Å²) in [5.74, 6) is 0. The largest absolute Gasteiger partial charge is 0.363 e. The van der Waals surface area contributed by atoms with Crippen LogP contribution >= 0.6 is 0 Å². The predicted octanol–water partition coefficient (Wildman–Crippen LogP) is 1.94. The van der Waals surface area contributed by atoms with Gasteiger partial charge in [-0.3, -0.25) is 10.1 Å². The fraction of sp³-hybridized carbons (Fsp3) is 0.357. The van der Waals surface area contributed by atoms with Gasteiger partial charge in [0, 0.05) is 31.1 Å². The number of hydrogen-bond donors (Lipinski definition) is 1. The van der Waals surface area contributed by atoms with E-state index in [4.69, 9.17) is 0 Å². The fourth-order valence-electron chi connectivity index (χ4n) is 2.72. The number of nitrogens with one attached hydrogen (secondary N) is 1. The van der Waals surface area contributed by atoms with Crippen molar-refractivity contribution in [1.82, 2.24) is 10.3 Å². The van der Waals surface area contributed by atoms with Crippen LogP contribution in [0.25, 0.3) is 10.9 Å². The summed E-state index contributed by atoms with van der Waals surface area (Å²) in [6.07, 6.45) is 1.37. The molecule has 1 aliphatic rings. The van der Waals surface area contributed by atoms with Crippen molar-refractivity contribution in [2.75, 3.05) is 24.5 Å². The monoisotopic (exact) mass is 272 g/mol. The van der Waals surface area contributed by atoms with Crippen molar-refractivity contribution in [2.45, 2.75) is 13.0 Å². The lowest BCUT2D eigenvalue weighted by Gasteiger charge is -2.33. The average molecular weight is 272 g/mol. The molecule has 1 aliphatic heterocycles. The lowest BCUT2D eigenvalue weighted by molar-refractivity contribution is -0.384. The van der Waals surface area contributed by atoms with E-state index in [-0.39, 0.29) is 10.6 Å². The quantitative estimate of drug-likeness (QED) is 0.668. The first kappa shape index (κ1) is 12.8. The maximum atomic E-state index is 11.3. The molecule has 3 rings (SSSR count). The van der Waals surface area contributed by atoms with Gasteiger partial charge in [0.2, 0.25) is 0 Å². The molecule has 0 aliphatic carbocycles. The zero-order chi connectivity index (χ0) is 14.1. The van der Waals surface area contributed by atoms with Crippen LogP contribution in [0.5, 0.6) is 0 Å². The molecule has 1 fully saturated rings. The van der Waals surface area contributed by atoms with Gasteiger partial charge in [0.15, 0.2) is 0 Å². The van der Waals surface area contributed by atoms with Gasteiger partial charge in [0.05, 0.1) is 10.4 Å². The number of fused-ring (bicyclic) bond motifs is 1. The second kappa shape index (κ2) is 5.05. The SMILES string of the molecule is CC1CN(c2c([N+](=O)[O-])cnc3ccccc23)CCN1. The number of rotatable bonds is 2. The molecule has 1 saturated heterocycles. The number of para-hydroxylation sites is 1. The molecule has 2 aromatic rings. The summed E-state index contributed by atoms with van der Waals surface area (Å²) in [7, 11) is 0. The van der Waals surface area contributed by atoms with E-state index in [2.05, 4.69) is 22.1 Å². The van der Waals surface area contributed by atoms with Crippen LogP contribution in [0, 0.1) is 10.1 Å². The van der Waals surface area contributed by atoms with Crippen molar-refractivity contribution in [1.29, 1.82) is 0 Å². The Morgan fingerprint density at radius 2 is 2.25 bits per heavy atom. The number of anilines is 1. The Labute approximate surface area is 116 Å². The molecular formula is C14H16N4O2. The summed E-state index contributed by atoms with van der Waals surface area (Å²) in [6, 6.07) is 7.88. The smallest absolute Gasteiger partial charge is 0.311 e. The van der Waals surface area contributed by atoms with Gasteiger partial charge in [0.25, 0.3) is 0 Å². The molecule has 1 unspecified atom stereocenters. The minimum Gasteiger partial charge on any atom is -0.363 e. The highest BCUT2D eigenvalue weighted by atomic mass is 16.6. The Morgan fingerprint density at radius 3 is 3.00 bits per heavy atom. The van der Waals surface area contributed by atoms with E-state index in [1.54, 1.807) is 0 Å². The molecule has 20 heavy (non-hydrogen) atoms. The van der Waals surface area contributed by atoms with Gasteiger partial charge in [-0.1, -0.05) is 18.2 Å². The second-order valence-corrected chi connectivity index (χ2v) is 5.07. The van der Waals surface area contributed by atoms with E-state index in [9.17, 15) is 10.1 Å². The Morgan fingerprint density at radius 1 is 1.45 bits per heavy atom. The van der Waals surface area contributed by atoms with Crippen molar-refractivity contribution in [2.24, 2.45) is 0 Å². The lowest BCUT2D eigenvalue weighted by atomic mass is 10.1. The summed E-state index contributed by atoms with van der Waals surface area (Å²) in [5.41, 5.74) is 1.56. The van der Waals surface area contributed by atoms with Crippen molar-refractivity contribution in [3.05, 3.63) is 40.6 Å². The van der Waals surface area contributed by atoms with Crippen molar-refractivity contribution >= 4 is 22.3 Å². The first-order valence-electron chi connectivity index (χ1n) is 6.67. The number of hydrogen-bond acceptors (Lipinski definition) is 5. The van der Waals surface area contributed by atoms with Crippen molar-refractivity contribution in [3.63, 3.8) is 0 Å². The first-order chi connectivity index (χ1) is 9.66. The van der Waals surface area contributed by atoms with Gasteiger partial charge in [-0.2, -0.15) is 0 Å².